The molecule has 5 heteroatoms. The lowest BCUT2D eigenvalue weighted by Gasteiger charge is -2.17. The van der Waals surface area contributed by atoms with E-state index in [9.17, 15) is 0 Å². The van der Waals surface area contributed by atoms with Gasteiger partial charge in [0, 0.05) is 13.6 Å². The van der Waals surface area contributed by atoms with Gasteiger partial charge in [0.2, 0.25) is 11.8 Å². The third-order valence-corrected chi connectivity index (χ3v) is 3.32. The minimum atomic E-state index is 0.542. The molecule has 0 unspecified atom stereocenters. The molecule has 0 aliphatic heterocycles. The second-order valence-electron chi connectivity index (χ2n) is 4.37. The van der Waals surface area contributed by atoms with Crippen molar-refractivity contribution in [2.75, 3.05) is 19.1 Å². The summed E-state index contributed by atoms with van der Waals surface area (Å²) in [5.41, 5.74) is 2.48. The van der Waals surface area contributed by atoms with Gasteiger partial charge in [-0.25, -0.2) is 4.98 Å². The van der Waals surface area contributed by atoms with Gasteiger partial charge in [0.15, 0.2) is 0 Å². The number of anilines is 1. The topological polar surface area (TPSA) is 38.2 Å². The minimum Gasteiger partial charge on any atom is -0.480 e. The Morgan fingerprint density at radius 3 is 2.58 bits per heavy atom. The van der Waals surface area contributed by atoms with Crippen LogP contribution in [0.1, 0.15) is 11.1 Å². The van der Waals surface area contributed by atoms with Crippen LogP contribution in [0.2, 0.25) is 0 Å². The van der Waals surface area contributed by atoms with E-state index in [0.29, 0.717) is 11.8 Å². The van der Waals surface area contributed by atoms with Crippen LogP contribution in [0.15, 0.2) is 34.9 Å². The number of halogens is 1. The summed E-state index contributed by atoms with van der Waals surface area (Å²) < 4.78 is 5.93. The van der Waals surface area contributed by atoms with E-state index in [1.54, 1.807) is 13.3 Å². The average molecular weight is 322 g/mol. The van der Waals surface area contributed by atoms with E-state index in [1.807, 2.05) is 11.9 Å². The molecule has 100 valence electrons. The van der Waals surface area contributed by atoms with E-state index in [0.717, 1.165) is 11.0 Å². The molecule has 0 N–H and O–H groups in total. The van der Waals surface area contributed by atoms with Gasteiger partial charge in [-0.15, -0.1) is 0 Å². The van der Waals surface area contributed by atoms with E-state index >= 15 is 0 Å². The number of aryl methyl sites for hydroxylation is 1. The number of nitrogens with zero attached hydrogens (tertiary/aromatic N) is 3. The van der Waals surface area contributed by atoms with Crippen LogP contribution in [0.5, 0.6) is 5.88 Å². The zero-order chi connectivity index (χ0) is 13.8. The molecule has 0 bridgehead atoms. The molecule has 0 saturated heterocycles. The smallest absolute Gasteiger partial charge is 0.232 e. The zero-order valence-corrected chi connectivity index (χ0v) is 12.8. The monoisotopic (exact) mass is 321 g/mol. The van der Waals surface area contributed by atoms with Crippen LogP contribution in [0.25, 0.3) is 0 Å². The summed E-state index contributed by atoms with van der Waals surface area (Å²) in [6.45, 7) is 2.83. The second-order valence-corrected chi connectivity index (χ2v) is 5.22. The molecule has 1 heterocycles. The molecule has 1 aromatic heterocycles. The van der Waals surface area contributed by atoms with Gasteiger partial charge in [0.05, 0.1) is 17.8 Å². The average Bonchev–Trinajstić information content (AvgIpc) is 2.42. The minimum absolute atomic E-state index is 0.542. The van der Waals surface area contributed by atoms with Crippen molar-refractivity contribution in [1.82, 2.24) is 9.97 Å². The Hall–Kier alpha value is -1.62. The van der Waals surface area contributed by atoms with Crippen molar-refractivity contribution < 1.29 is 4.74 Å². The van der Waals surface area contributed by atoms with E-state index in [-0.39, 0.29) is 0 Å². The third kappa shape index (κ3) is 3.44. The van der Waals surface area contributed by atoms with Gasteiger partial charge >= 0.3 is 0 Å². The highest BCUT2D eigenvalue weighted by Gasteiger charge is 2.09. The first kappa shape index (κ1) is 13.8. The Morgan fingerprint density at radius 1 is 1.26 bits per heavy atom. The van der Waals surface area contributed by atoms with Crippen molar-refractivity contribution in [2.24, 2.45) is 0 Å². The van der Waals surface area contributed by atoms with Crippen LogP contribution in [-0.2, 0) is 6.54 Å². The molecule has 19 heavy (non-hydrogen) atoms. The zero-order valence-electron chi connectivity index (χ0n) is 11.2. The Morgan fingerprint density at radius 2 is 1.95 bits per heavy atom. The molecule has 0 aliphatic rings. The molecule has 1 aromatic carbocycles. The maximum Gasteiger partial charge on any atom is 0.232 e. The number of aromatic nitrogens is 2. The lowest BCUT2D eigenvalue weighted by atomic mass is 10.1. The van der Waals surface area contributed by atoms with Crippen LogP contribution in [-0.4, -0.2) is 24.1 Å². The number of methoxy groups -OCH3 is 1. The Labute approximate surface area is 121 Å². The molecule has 2 rings (SSSR count). The fraction of sp³-hybridized carbons (Fsp3) is 0.286. The van der Waals surface area contributed by atoms with Gasteiger partial charge in [-0.3, -0.25) is 0 Å². The standard InChI is InChI=1S/C14H16BrN3O/c1-10-4-6-11(7-5-10)9-18(2)14-16-8-12(15)13(17-14)19-3/h4-8H,9H2,1-3H3. The van der Waals surface area contributed by atoms with Gasteiger partial charge in [0.25, 0.3) is 0 Å². The number of rotatable bonds is 4. The van der Waals surface area contributed by atoms with Crippen molar-refractivity contribution in [3.05, 3.63) is 46.1 Å². The Bertz CT molecular complexity index is 557. The highest BCUT2D eigenvalue weighted by molar-refractivity contribution is 9.10. The van der Waals surface area contributed by atoms with E-state index in [1.165, 1.54) is 11.1 Å². The summed E-state index contributed by atoms with van der Waals surface area (Å²) >= 11 is 3.35. The third-order valence-electron chi connectivity index (χ3n) is 2.77. The van der Waals surface area contributed by atoms with E-state index < -0.39 is 0 Å². The molecule has 0 spiro atoms. The summed E-state index contributed by atoms with van der Waals surface area (Å²) in [6, 6.07) is 8.43. The first-order valence-corrected chi connectivity index (χ1v) is 6.72. The second kappa shape index (κ2) is 6.02. The molecule has 2 aromatic rings. The number of hydrogen-bond donors (Lipinski definition) is 0. The summed E-state index contributed by atoms with van der Waals surface area (Å²) in [5, 5.41) is 0. The van der Waals surface area contributed by atoms with Crippen LogP contribution < -0.4 is 9.64 Å². The van der Waals surface area contributed by atoms with Gasteiger partial charge < -0.3 is 9.64 Å². The fourth-order valence-corrected chi connectivity index (χ4v) is 2.06. The van der Waals surface area contributed by atoms with Crippen molar-refractivity contribution >= 4 is 21.9 Å². The summed E-state index contributed by atoms with van der Waals surface area (Å²) in [6.07, 6.45) is 1.70. The quantitative estimate of drug-likeness (QED) is 0.866. The lowest BCUT2D eigenvalue weighted by molar-refractivity contribution is 0.394. The van der Waals surface area contributed by atoms with Crippen molar-refractivity contribution in [3.8, 4) is 5.88 Å². The molecule has 4 nitrogen and oxygen atoms in total. The maximum atomic E-state index is 5.18. The number of ether oxygens (including phenoxy) is 1. The maximum absolute atomic E-state index is 5.18. The van der Waals surface area contributed by atoms with Crippen LogP contribution in [0.4, 0.5) is 5.95 Å². The largest absolute Gasteiger partial charge is 0.480 e. The van der Waals surface area contributed by atoms with Crippen LogP contribution in [0.3, 0.4) is 0 Å². The normalized spacial score (nSPS) is 10.3. The van der Waals surface area contributed by atoms with Crippen molar-refractivity contribution in [3.63, 3.8) is 0 Å². The number of hydrogen-bond acceptors (Lipinski definition) is 4. The molecule has 0 fully saturated rings. The predicted molar refractivity (Wildman–Crippen MR) is 79.6 cm³/mol. The predicted octanol–water partition coefficient (Wildman–Crippen LogP) is 3.19. The molecule has 0 amide bonds. The van der Waals surface area contributed by atoms with Crippen LogP contribution >= 0.6 is 15.9 Å². The molecule has 0 saturated carbocycles. The van der Waals surface area contributed by atoms with Gasteiger partial charge in [0.1, 0.15) is 0 Å². The van der Waals surface area contributed by atoms with Gasteiger partial charge in [-0.2, -0.15) is 4.98 Å². The summed E-state index contributed by atoms with van der Waals surface area (Å²) in [7, 11) is 3.55. The highest BCUT2D eigenvalue weighted by Crippen LogP contribution is 2.23. The lowest BCUT2D eigenvalue weighted by Crippen LogP contribution is -2.19. The molecule has 0 atom stereocenters. The first-order valence-electron chi connectivity index (χ1n) is 5.93. The summed E-state index contributed by atoms with van der Waals surface area (Å²) in [4.78, 5) is 10.6. The van der Waals surface area contributed by atoms with E-state index in [4.69, 9.17) is 4.74 Å². The van der Waals surface area contributed by atoms with Crippen molar-refractivity contribution in [1.29, 1.82) is 0 Å². The van der Waals surface area contributed by atoms with Gasteiger partial charge in [-0.05, 0) is 28.4 Å². The first-order chi connectivity index (χ1) is 9.10. The fourth-order valence-electron chi connectivity index (χ4n) is 1.71. The van der Waals surface area contributed by atoms with Gasteiger partial charge in [-0.1, -0.05) is 29.8 Å². The highest BCUT2D eigenvalue weighted by atomic mass is 79.9. The van der Waals surface area contributed by atoms with E-state index in [2.05, 4.69) is 57.1 Å². The molecular weight excluding hydrogens is 306 g/mol. The Balaban J connectivity index is 2.15. The Kier molecular flexibility index (Phi) is 4.37. The SMILES string of the molecule is COc1nc(N(C)Cc2ccc(C)cc2)ncc1Br. The van der Waals surface area contributed by atoms with Crippen molar-refractivity contribution in [2.45, 2.75) is 13.5 Å². The molecule has 0 aliphatic carbocycles. The molecule has 0 radical (unpaired) electrons. The molecular formula is C14H16BrN3O. The summed E-state index contributed by atoms with van der Waals surface area (Å²) in [5.74, 6) is 1.18. The van der Waals surface area contributed by atoms with Crippen LogP contribution in [0, 0.1) is 6.92 Å². The number of benzene rings is 1.